The second-order valence-electron chi connectivity index (χ2n) is 8.58. The number of hydrogen-bond donors (Lipinski definition) is 2. The lowest BCUT2D eigenvalue weighted by atomic mass is 9.89. The summed E-state index contributed by atoms with van der Waals surface area (Å²) in [4.78, 5) is 25.8. The molecule has 2 aromatic rings. The van der Waals surface area contributed by atoms with Crippen LogP contribution in [0.25, 0.3) is 0 Å². The monoisotopic (exact) mass is 498 g/mol. The zero-order valence-corrected chi connectivity index (χ0v) is 21.3. The molecule has 36 heavy (non-hydrogen) atoms. The molecule has 0 heterocycles. The summed E-state index contributed by atoms with van der Waals surface area (Å²) in [5, 5.41) is 6.24. The van der Waals surface area contributed by atoms with E-state index in [0.717, 1.165) is 25.7 Å². The maximum Gasteiger partial charge on any atom is 0.251 e. The molecule has 1 aliphatic carbocycles. The van der Waals surface area contributed by atoms with Gasteiger partial charge in [-0.1, -0.05) is 12.8 Å². The molecule has 2 amide bonds. The highest BCUT2D eigenvalue weighted by Crippen LogP contribution is 2.21. The summed E-state index contributed by atoms with van der Waals surface area (Å²) >= 11 is 0. The molecular weight excluding hydrogens is 460 g/mol. The molecule has 1 fully saturated rings. The molecule has 8 heteroatoms. The zero-order valence-electron chi connectivity index (χ0n) is 21.3. The first kappa shape index (κ1) is 27.5. The standard InChI is InChI=1S/C28H38N2O6/c1-3-33-17-19-35-23-13-9-21(10-14-23)27(31)29-25-7-5-6-8-26(25)30-28(32)22-11-15-24(16-12-22)36-20-18-34-4-2/h9-16,25-26H,3-8,17-20H2,1-2H3,(H,29,31)(H,30,32). The van der Waals surface area contributed by atoms with Gasteiger partial charge in [-0.2, -0.15) is 0 Å². The van der Waals surface area contributed by atoms with Gasteiger partial charge in [-0.05, 0) is 75.2 Å². The Morgan fingerprint density at radius 1 is 0.667 bits per heavy atom. The highest BCUT2D eigenvalue weighted by Gasteiger charge is 2.28. The molecule has 1 aliphatic rings. The smallest absolute Gasteiger partial charge is 0.251 e. The van der Waals surface area contributed by atoms with Gasteiger partial charge in [0.25, 0.3) is 11.8 Å². The molecule has 0 aromatic heterocycles. The van der Waals surface area contributed by atoms with Crippen molar-refractivity contribution < 1.29 is 28.5 Å². The van der Waals surface area contributed by atoms with Gasteiger partial charge >= 0.3 is 0 Å². The van der Waals surface area contributed by atoms with Gasteiger partial charge < -0.3 is 29.6 Å². The minimum Gasteiger partial charge on any atom is -0.491 e. The van der Waals surface area contributed by atoms with Gasteiger partial charge in [0.05, 0.1) is 13.2 Å². The molecule has 2 atom stereocenters. The summed E-state index contributed by atoms with van der Waals surface area (Å²) < 4.78 is 21.8. The fourth-order valence-corrected chi connectivity index (χ4v) is 4.11. The Hall–Kier alpha value is -3.10. The first-order valence-electron chi connectivity index (χ1n) is 12.8. The molecule has 0 aliphatic heterocycles. The average molecular weight is 499 g/mol. The van der Waals surface area contributed by atoms with Crippen LogP contribution in [0.4, 0.5) is 0 Å². The van der Waals surface area contributed by atoms with Crippen LogP contribution in [0, 0.1) is 0 Å². The van der Waals surface area contributed by atoms with Crippen molar-refractivity contribution in [3.05, 3.63) is 59.7 Å². The lowest BCUT2D eigenvalue weighted by Gasteiger charge is -2.33. The van der Waals surface area contributed by atoms with Crippen LogP contribution in [0.15, 0.2) is 48.5 Å². The van der Waals surface area contributed by atoms with E-state index in [4.69, 9.17) is 18.9 Å². The number of amides is 2. The molecular formula is C28H38N2O6. The van der Waals surface area contributed by atoms with E-state index in [-0.39, 0.29) is 23.9 Å². The van der Waals surface area contributed by atoms with Crippen molar-refractivity contribution in [1.82, 2.24) is 10.6 Å². The molecule has 0 spiro atoms. The first-order valence-corrected chi connectivity index (χ1v) is 12.8. The number of nitrogens with one attached hydrogen (secondary N) is 2. The van der Waals surface area contributed by atoms with Crippen LogP contribution in [0.1, 0.15) is 60.2 Å². The van der Waals surface area contributed by atoms with Crippen molar-refractivity contribution in [2.75, 3.05) is 39.6 Å². The lowest BCUT2D eigenvalue weighted by molar-refractivity contribution is 0.0862. The molecule has 0 saturated heterocycles. The minimum atomic E-state index is -0.157. The molecule has 3 rings (SSSR count). The second kappa shape index (κ2) is 15.1. The largest absolute Gasteiger partial charge is 0.491 e. The van der Waals surface area contributed by atoms with E-state index in [9.17, 15) is 9.59 Å². The van der Waals surface area contributed by atoms with Gasteiger partial charge in [0.1, 0.15) is 24.7 Å². The van der Waals surface area contributed by atoms with Crippen molar-refractivity contribution in [3.8, 4) is 11.5 Å². The third-order valence-electron chi connectivity index (χ3n) is 6.03. The third-order valence-corrected chi connectivity index (χ3v) is 6.03. The first-order chi connectivity index (χ1) is 17.6. The van der Waals surface area contributed by atoms with Gasteiger partial charge in [-0.25, -0.2) is 0 Å². The van der Waals surface area contributed by atoms with E-state index in [2.05, 4.69) is 10.6 Å². The van der Waals surface area contributed by atoms with E-state index in [1.165, 1.54) is 0 Å². The maximum absolute atomic E-state index is 12.9. The molecule has 0 radical (unpaired) electrons. The van der Waals surface area contributed by atoms with E-state index in [1.807, 2.05) is 13.8 Å². The van der Waals surface area contributed by atoms with Gasteiger partial charge in [0, 0.05) is 36.4 Å². The average Bonchev–Trinajstić information content (AvgIpc) is 2.91. The van der Waals surface area contributed by atoms with Gasteiger partial charge in [0.2, 0.25) is 0 Å². The number of carbonyl (C=O) groups is 2. The Balaban J connectivity index is 1.51. The van der Waals surface area contributed by atoms with Crippen LogP contribution in [-0.4, -0.2) is 63.5 Å². The van der Waals surface area contributed by atoms with Crippen molar-refractivity contribution in [2.24, 2.45) is 0 Å². The van der Waals surface area contributed by atoms with E-state index in [0.29, 0.717) is 62.3 Å². The number of hydrogen-bond acceptors (Lipinski definition) is 6. The van der Waals surface area contributed by atoms with Crippen LogP contribution in [0.3, 0.4) is 0 Å². The molecule has 196 valence electrons. The van der Waals surface area contributed by atoms with E-state index >= 15 is 0 Å². The lowest BCUT2D eigenvalue weighted by Crippen LogP contribution is -2.53. The fourth-order valence-electron chi connectivity index (χ4n) is 4.11. The SMILES string of the molecule is CCOCCOc1ccc(C(=O)NC2CCCCC2NC(=O)c2ccc(OCCOCC)cc2)cc1. The van der Waals surface area contributed by atoms with Crippen LogP contribution in [-0.2, 0) is 9.47 Å². The molecule has 8 nitrogen and oxygen atoms in total. The van der Waals surface area contributed by atoms with E-state index in [1.54, 1.807) is 48.5 Å². The van der Waals surface area contributed by atoms with E-state index < -0.39 is 0 Å². The van der Waals surface area contributed by atoms with Crippen LogP contribution >= 0.6 is 0 Å². The zero-order chi connectivity index (χ0) is 25.6. The third kappa shape index (κ3) is 8.84. The summed E-state index contributed by atoms with van der Waals surface area (Å²) in [5.74, 6) is 1.07. The maximum atomic E-state index is 12.9. The number of carbonyl (C=O) groups excluding carboxylic acids is 2. The number of benzene rings is 2. The predicted molar refractivity (Wildman–Crippen MR) is 138 cm³/mol. The Labute approximate surface area is 213 Å². The number of ether oxygens (including phenoxy) is 4. The highest BCUT2D eigenvalue weighted by atomic mass is 16.5. The topological polar surface area (TPSA) is 95.1 Å². The Morgan fingerprint density at radius 3 is 1.42 bits per heavy atom. The van der Waals surface area contributed by atoms with Crippen LogP contribution in [0.5, 0.6) is 11.5 Å². The predicted octanol–water partition coefficient (Wildman–Crippen LogP) is 3.99. The quantitative estimate of drug-likeness (QED) is 0.383. The fraction of sp³-hybridized carbons (Fsp3) is 0.500. The Bertz CT molecular complexity index is 855. The number of rotatable bonds is 14. The summed E-state index contributed by atoms with van der Waals surface area (Å²) in [6.45, 7) is 7.17. The van der Waals surface area contributed by atoms with Crippen molar-refractivity contribution in [2.45, 2.75) is 51.6 Å². The second-order valence-corrected chi connectivity index (χ2v) is 8.58. The summed E-state index contributed by atoms with van der Waals surface area (Å²) in [5.41, 5.74) is 1.12. The molecule has 2 unspecified atom stereocenters. The van der Waals surface area contributed by atoms with Crippen molar-refractivity contribution in [1.29, 1.82) is 0 Å². The van der Waals surface area contributed by atoms with Crippen molar-refractivity contribution in [3.63, 3.8) is 0 Å². The summed E-state index contributed by atoms with van der Waals surface area (Å²) in [6.07, 6.45) is 3.67. The normalized spacial score (nSPS) is 17.3. The van der Waals surface area contributed by atoms with Gasteiger partial charge in [-0.3, -0.25) is 9.59 Å². The molecule has 2 aromatic carbocycles. The van der Waals surface area contributed by atoms with Gasteiger partial charge in [-0.15, -0.1) is 0 Å². The summed E-state index contributed by atoms with van der Waals surface area (Å²) in [7, 11) is 0. The van der Waals surface area contributed by atoms with Crippen LogP contribution < -0.4 is 20.1 Å². The molecule has 0 bridgehead atoms. The van der Waals surface area contributed by atoms with Gasteiger partial charge in [0.15, 0.2) is 0 Å². The molecule has 1 saturated carbocycles. The van der Waals surface area contributed by atoms with Crippen molar-refractivity contribution >= 4 is 11.8 Å². The minimum absolute atomic E-state index is 0.126. The highest BCUT2D eigenvalue weighted by molar-refractivity contribution is 5.95. The summed E-state index contributed by atoms with van der Waals surface area (Å²) in [6, 6.07) is 13.9. The van der Waals surface area contributed by atoms with Crippen LogP contribution in [0.2, 0.25) is 0 Å². The Kier molecular flexibility index (Phi) is 11.5. The molecule has 2 N–H and O–H groups in total. The Morgan fingerprint density at radius 2 is 1.06 bits per heavy atom.